The fourth-order valence-electron chi connectivity index (χ4n) is 0.186. The van der Waals surface area contributed by atoms with Crippen molar-refractivity contribution in [1.29, 1.82) is 0 Å². The van der Waals surface area contributed by atoms with Crippen molar-refractivity contribution in [2.75, 3.05) is 0 Å². The summed E-state index contributed by atoms with van der Waals surface area (Å²) in [6.07, 6.45) is -3.87. The predicted molar refractivity (Wildman–Crippen MR) is 26.5 cm³/mol. The Balaban J connectivity index is 4.23. The third-order valence-corrected chi connectivity index (χ3v) is 0.958. The van der Waals surface area contributed by atoms with Crippen LogP contribution in [0.4, 0.5) is 22.0 Å². The summed E-state index contributed by atoms with van der Waals surface area (Å²) in [6, 6.07) is 0. The molecule has 0 aromatic carbocycles. The molecular weight excluding hydrogens is 202 g/mol. The Morgan fingerprint density at radius 2 is 1.10 bits per heavy atom. The third kappa shape index (κ3) is 2.88. The van der Waals surface area contributed by atoms with Crippen LogP contribution in [0.2, 0.25) is 0 Å². The smallest absolute Gasteiger partial charge is 0.231 e. The molecule has 0 radical (unpaired) electrons. The molecule has 0 heterocycles. The summed E-state index contributed by atoms with van der Waals surface area (Å²) < 4.78 is 57.4. The van der Waals surface area contributed by atoms with E-state index in [4.69, 9.17) is 0 Å². The van der Waals surface area contributed by atoms with Crippen LogP contribution in [0.3, 0.4) is 0 Å². The van der Waals surface area contributed by atoms with E-state index in [0.29, 0.717) is 0 Å². The van der Waals surface area contributed by atoms with E-state index >= 15 is 0 Å². The monoisotopic (exact) mass is 202 g/mol. The maximum absolute atomic E-state index is 11.7. The van der Waals surface area contributed by atoms with Gasteiger partial charge >= 0.3 is 10.8 Å². The molecule has 62 valence electrons. The van der Waals surface area contributed by atoms with Crippen molar-refractivity contribution in [2.45, 2.75) is 16.9 Å². The minimum absolute atomic E-state index is 3.87. The number of hydrogen-bond acceptors (Lipinski definition) is 0. The zero-order valence-electron chi connectivity index (χ0n) is 4.22. The first-order valence-electron chi connectivity index (χ1n) is 1.93. The van der Waals surface area contributed by atoms with Crippen molar-refractivity contribution in [3.63, 3.8) is 0 Å². The van der Waals surface area contributed by atoms with Gasteiger partial charge in [0.1, 0.15) is 0 Å². The number of hydrogen-bond donors (Lipinski definition) is 0. The van der Waals surface area contributed by atoms with Crippen LogP contribution >= 0.6 is 23.2 Å². The molecule has 0 amide bonds. The number of alkyl halides is 7. The van der Waals surface area contributed by atoms with E-state index in [9.17, 15) is 22.0 Å². The molecule has 0 nitrogen and oxygen atoms in total. The molecule has 0 N–H and O–H groups in total. The predicted octanol–water partition coefficient (Wildman–Crippen LogP) is 2.99. The van der Waals surface area contributed by atoms with Crippen LogP contribution in [-0.4, -0.2) is 16.9 Å². The Morgan fingerprint density at radius 1 is 0.900 bits per heavy atom. The van der Waals surface area contributed by atoms with Crippen LogP contribution in [0.15, 0.2) is 0 Å². The molecule has 0 bridgehead atoms. The Bertz CT molecular complexity index is 99.0. The van der Waals surface area contributed by atoms with Gasteiger partial charge in [0.05, 0.1) is 0 Å². The van der Waals surface area contributed by atoms with E-state index in [0.717, 1.165) is 0 Å². The Labute approximate surface area is 62.9 Å². The van der Waals surface area contributed by atoms with Crippen LogP contribution in [-0.2, 0) is 0 Å². The maximum Gasteiger partial charge on any atom is 0.359 e. The summed E-state index contributed by atoms with van der Waals surface area (Å²) >= 11 is 7.79. The largest absolute Gasteiger partial charge is 0.359 e. The summed E-state index contributed by atoms with van der Waals surface area (Å²) in [5.74, 6) is 0. The summed E-state index contributed by atoms with van der Waals surface area (Å²) in [7, 11) is 0. The van der Waals surface area contributed by atoms with Gasteiger partial charge in [-0.05, 0) is 23.2 Å². The van der Waals surface area contributed by atoms with Gasteiger partial charge in [0.25, 0.3) is 6.17 Å². The quantitative estimate of drug-likeness (QED) is 0.477. The highest BCUT2D eigenvalue weighted by atomic mass is 35.5. The van der Waals surface area contributed by atoms with Gasteiger partial charge in [-0.1, -0.05) is 0 Å². The van der Waals surface area contributed by atoms with Gasteiger partial charge < -0.3 is 0 Å². The second-order valence-electron chi connectivity index (χ2n) is 1.45. The zero-order valence-corrected chi connectivity index (χ0v) is 5.73. The van der Waals surface area contributed by atoms with Crippen molar-refractivity contribution in [2.24, 2.45) is 0 Å². The molecule has 0 aliphatic carbocycles. The summed E-state index contributed by atoms with van der Waals surface area (Å²) in [6.45, 7) is 0. The Morgan fingerprint density at radius 3 is 1.10 bits per heavy atom. The molecule has 7 heteroatoms. The average Bonchev–Trinajstić information content (AvgIpc) is 1.59. The first kappa shape index (κ1) is 10.2. The zero-order chi connectivity index (χ0) is 8.58. The summed E-state index contributed by atoms with van der Waals surface area (Å²) in [5, 5.41) is -9.27. The van der Waals surface area contributed by atoms with Gasteiger partial charge in [-0.25, -0.2) is 4.39 Å². The second kappa shape index (κ2) is 2.70. The molecule has 0 rings (SSSR count). The third-order valence-electron chi connectivity index (χ3n) is 0.575. The van der Waals surface area contributed by atoms with Gasteiger partial charge in [0, 0.05) is 0 Å². The van der Waals surface area contributed by atoms with E-state index in [2.05, 4.69) is 23.2 Å². The van der Waals surface area contributed by atoms with Gasteiger partial charge in [0.2, 0.25) is 0 Å². The lowest BCUT2D eigenvalue weighted by atomic mass is 10.4. The topological polar surface area (TPSA) is 0 Å². The van der Waals surface area contributed by atoms with Crippen LogP contribution in [0.5, 0.6) is 0 Å². The molecule has 0 unspecified atom stereocenters. The fourth-order valence-corrected chi connectivity index (χ4v) is 0.515. The average molecular weight is 203 g/mol. The molecule has 0 aliphatic heterocycles. The summed E-state index contributed by atoms with van der Waals surface area (Å²) in [4.78, 5) is 0. The van der Waals surface area contributed by atoms with Crippen molar-refractivity contribution < 1.29 is 22.0 Å². The highest BCUT2D eigenvalue weighted by molar-refractivity contribution is 6.25. The molecule has 0 saturated carbocycles. The summed E-state index contributed by atoms with van der Waals surface area (Å²) in [5.41, 5.74) is 0. The molecule has 10 heavy (non-hydrogen) atoms. The van der Waals surface area contributed by atoms with Crippen molar-refractivity contribution in [3.8, 4) is 0 Å². The molecule has 0 spiro atoms. The molecule has 0 aromatic heterocycles. The Kier molecular flexibility index (Phi) is 2.76. The van der Waals surface area contributed by atoms with E-state index in [-0.39, 0.29) is 0 Å². The van der Waals surface area contributed by atoms with Crippen LogP contribution < -0.4 is 0 Å². The van der Waals surface area contributed by atoms with Crippen LogP contribution in [0, 0.1) is 0 Å². The minimum Gasteiger partial charge on any atom is -0.231 e. The first-order valence-corrected chi connectivity index (χ1v) is 2.69. The van der Waals surface area contributed by atoms with Gasteiger partial charge in [-0.3, -0.25) is 0 Å². The number of rotatable bonds is 2. The lowest BCUT2D eigenvalue weighted by Crippen LogP contribution is -2.36. The van der Waals surface area contributed by atoms with E-state index in [1.165, 1.54) is 0 Å². The fraction of sp³-hybridized carbons (Fsp3) is 1.00. The standard InChI is InChI=1S/C3HCl2F5/c4-2(7,8)1(6)3(5,9)10/h1H. The Hall–Kier alpha value is 0.230. The lowest BCUT2D eigenvalue weighted by Gasteiger charge is -2.17. The molecule has 0 saturated heterocycles. The molecule has 0 fully saturated rings. The second-order valence-corrected chi connectivity index (χ2v) is 2.45. The van der Waals surface area contributed by atoms with Crippen molar-refractivity contribution in [1.82, 2.24) is 0 Å². The highest BCUT2D eigenvalue weighted by Gasteiger charge is 2.53. The maximum atomic E-state index is 11.7. The van der Waals surface area contributed by atoms with E-state index < -0.39 is 16.9 Å². The van der Waals surface area contributed by atoms with E-state index in [1.54, 1.807) is 0 Å². The molecule has 0 atom stereocenters. The normalized spacial score (nSPS) is 14.4. The van der Waals surface area contributed by atoms with Crippen molar-refractivity contribution >= 4 is 23.2 Å². The van der Waals surface area contributed by atoms with E-state index in [1.807, 2.05) is 0 Å². The first-order chi connectivity index (χ1) is 4.15. The van der Waals surface area contributed by atoms with Crippen LogP contribution in [0.25, 0.3) is 0 Å². The van der Waals surface area contributed by atoms with Crippen LogP contribution in [0.1, 0.15) is 0 Å². The SMILES string of the molecule is FC(C(F)(F)Cl)C(F)(F)Cl. The highest BCUT2D eigenvalue weighted by Crippen LogP contribution is 2.38. The van der Waals surface area contributed by atoms with Crippen molar-refractivity contribution in [3.05, 3.63) is 0 Å². The minimum atomic E-state index is -4.63. The number of halogens is 7. The molecule has 0 aliphatic rings. The molecule has 0 aromatic rings. The van der Waals surface area contributed by atoms with Gasteiger partial charge in [0.15, 0.2) is 0 Å². The lowest BCUT2D eigenvalue weighted by molar-refractivity contribution is -0.0957. The van der Waals surface area contributed by atoms with Gasteiger partial charge in [-0.15, -0.1) is 0 Å². The molecular formula is C3HCl2F5. The van der Waals surface area contributed by atoms with Gasteiger partial charge in [-0.2, -0.15) is 17.6 Å².